The summed E-state index contributed by atoms with van der Waals surface area (Å²) < 4.78 is 15.7. The standard InChI is InChI=1S/C45H27N3O2S/c1-2-12-26(13-3-1)43-46-44(33-20-11-25-38-40(33)32-15-5-7-24-37(32)51-38)48-45(47-43)34-21-9-19-30-29-18-8-17-28(41(29)50-42(30)34)27-16-10-23-36-39(27)31-14-4-6-22-35(31)49-36/h1-25,44H,(H,46,47,48). The van der Waals surface area contributed by atoms with Gasteiger partial charge in [-0.2, -0.15) is 0 Å². The number of para-hydroxylation sites is 3. The van der Waals surface area contributed by atoms with Crippen LogP contribution >= 0.6 is 11.3 Å². The van der Waals surface area contributed by atoms with Gasteiger partial charge in [-0.25, -0.2) is 9.98 Å². The quantitative estimate of drug-likeness (QED) is 0.202. The van der Waals surface area contributed by atoms with Crippen molar-refractivity contribution in [2.45, 2.75) is 6.17 Å². The number of thiophene rings is 1. The predicted molar refractivity (Wildman–Crippen MR) is 211 cm³/mol. The van der Waals surface area contributed by atoms with Gasteiger partial charge in [-0.1, -0.05) is 121 Å². The number of furan rings is 2. The molecule has 10 aromatic rings. The van der Waals surface area contributed by atoms with E-state index in [4.69, 9.17) is 18.8 Å². The van der Waals surface area contributed by atoms with Gasteiger partial charge in [0, 0.05) is 58.4 Å². The fourth-order valence-electron chi connectivity index (χ4n) is 7.71. The van der Waals surface area contributed by atoms with Gasteiger partial charge in [0.05, 0.1) is 5.56 Å². The summed E-state index contributed by atoms with van der Waals surface area (Å²) >= 11 is 1.81. The highest BCUT2D eigenvalue weighted by Gasteiger charge is 2.26. The molecular formula is C45H27N3O2S. The zero-order chi connectivity index (χ0) is 33.5. The van der Waals surface area contributed by atoms with Crippen molar-refractivity contribution in [2.75, 3.05) is 0 Å². The Morgan fingerprint density at radius 3 is 2.02 bits per heavy atom. The lowest BCUT2D eigenvalue weighted by atomic mass is 9.97. The number of nitrogens with one attached hydrogen (secondary N) is 1. The van der Waals surface area contributed by atoms with Crippen molar-refractivity contribution in [3.8, 4) is 11.1 Å². The monoisotopic (exact) mass is 673 g/mol. The molecule has 0 aliphatic carbocycles. The van der Waals surface area contributed by atoms with E-state index in [9.17, 15) is 0 Å². The molecule has 1 atom stereocenters. The maximum absolute atomic E-state index is 6.96. The molecule has 0 fully saturated rings. The van der Waals surface area contributed by atoms with E-state index >= 15 is 0 Å². The summed E-state index contributed by atoms with van der Waals surface area (Å²) in [6, 6.07) is 52.5. The molecule has 0 bridgehead atoms. The zero-order valence-corrected chi connectivity index (χ0v) is 27.9. The van der Waals surface area contributed by atoms with E-state index in [1.807, 2.05) is 53.8 Å². The second kappa shape index (κ2) is 11.0. The smallest absolute Gasteiger partial charge is 0.163 e. The summed E-state index contributed by atoms with van der Waals surface area (Å²) in [6.45, 7) is 0. The highest BCUT2D eigenvalue weighted by molar-refractivity contribution is 7.25. The van der Waals surface area contributed by atoms with Crippen molar-refractivity contribution in [3.63, 3.8) is 0 Å². The second-order valence-corrected chi connectivity index (χ2v) is 14.0. The van der Waals surface area contributed by atoms with Gasteiger partial charge in [0.15, 0.2) is 5.84 Å². The van der Waals surface area contributed by atoms with Crippen molar-refractivity contribution in [1.29, 1.82) is 0 Å². The first-order valence-corrected chi connectivity index (χ1v) is 17.8. The van der Waals surface area contributed by atoms with Gasteiger partial charge in [-0.3, -0.25) is 0 Å². The average molecular weight is 674 g/mol. The molecule has 3 aromatic heterocycles. The number of hydrogen-bond donors (Lipinski definition) is 1. The number of fused-ring (bicyclic) bond motifs is 9. The van der Waals surface area contributed by atoms with Crippen LogP contribution in [0.25, 0.3) is 75.2 Å². The van der Waals surface area contributed by atoms with Crippen LogP contribution in [0, 0.1) is 0 Å². The van der Waals surface area contributed by atoms with Gasteiger partial charge in [-0.15, -0.1) is 11.3 Å². The Morgan fingerprint density at radius 1 is 0.490 bits per heavy atom. The number of hydrogen-bond acceptors (Lipinski definition) is 6. The Bertz CT molecular complexity index is 3070. The van der Waals surface area contributed by atoms with Crippen LogP contribution in [-0.2, 0) is 0 Å². The molecule has 1 unspecified atom stereocenters. The van der Waals surface area contributed by atoms with Crippen LogP contribution in [0.15, 0.2) is 170 Å². The lowest BCUT2D eigenvalue weighted by molar-refractivity contribution is 0.665. The summed E-state index contributed by atoms with van der Waals surface area (Å²) in [7, 11) is 0. The Labute approximate surface area is 295 Å². The molecule has 0 radical (unpaired) electrons. The fraction of sp³-hybridized carbons (Fsp3) is 0.0222. The maximum Gasteiger partial charge on any atom is 0.163 e. The predicted octanol–water partition coefficient (Wildman–Crippen LogP) is 12.0. The molecule has 51 heavy (non-hydrogen) atoms. The minimum atomic E-state index is -0.364. The number of benzene rings is 7. The molecule has 1 N–H and O–H groups in total. The summed E-state index contributed by atoms with van der Waals surface area (Å²) in [5, 5.41) is 10.4. The lowest BCUT2D eigenvalue weighted by Crippen LogP contribution is -2.33. The van der Waals surface area contributed by atoms with E-state index in [0.717, 1.165) is 77.5 Å². The van der Waals surface area contributed by atoms with Crippen molar-refractivity contribution < 1.29 is 8.83 Å². The summed E-state index contributed by atoms with van der Waals surface area (Å²) in [4.78, 5) is 10.5. The van der Waals surface area contributed by atoms with Crippen molar-refractivity contribution in [2.24, 2.45) is 9.98 Å². The van der Waals surface area contributed by atoms with E-state index in [2.05, 4.69) is 115 Å². The molecule has 4 heterocycles. The summed E-state index contributed by atoms with van der Waals surface area (Å²) in [5.41, 5.74) is 8.37. The highest BCUT2D eigenvalue weighted by atomic mass is 32.1. The van der Waals surface area contributed by atoms with Crippen LogP contribution < -0.4 is 5.32 Å². The minimum Gasteiger partial charge on any atom is -0.456 e. The molecule has 240 valence electrons. The molecule has 0 saturated carbocycles. The van der Waals surface area contributed by atoms with Gasteiger partial charge in [0.2, 0.25) is 0 Å². The number of amidine groups is 2. The fourth-order valence-corrected chi connectivity index (χ4v) is 8.85. The van der Waals surface area contributed by atoms with Crippen molar-refractivity contribution in [3.05, 3.63) is 168 Å². The number of nitrogens with zero attached hydrogens (tertiary/aromatic N) is 2. The van der Waals surface area contributed by atoms with Gasteiger partial charge >= 0.3 is 0 Å². The largest absolute Gasteiger partial charge is 0.456 e. The normalized spacial score (nSPS) is 14.9. The molecule has 6 heteroatoms. The van der Waals surface area contributed by atoms with Crippen LogP contribution in [0.1, 0.15) is 22.9 Å². The van der Waals surface area contributed by atoms with Crippen LogP contribution in [0.4, 0.5) is 0 Å². The highest BCUT2D eigenvalue weighted by Crippen LogP contribution is 2.43. The molecular weight excluding hydrogens is 647 g/mol. The van der Waals surface area contributed by atoms with Gasteiger partial charge < -0.3 is 14.2 Å². The minimum absolute atomic E-state index is 0.364. The SMILES string of the molecule is c1ccc(C2=NC(c3cccc4c3oc3c(-c5cccc6oc7ccccc7c56)cccc34)=NC(c3cccc4sc5ccccc5c34)N2)cc1. The first-order valence-electron chi connectivity index (χ1n) is 17.0. The second-order valence-electron chi connectivity index (χ2n) is 12.9. The molecule has 7 aromatic carbocycles. The Kier molecular flexibility index (Phi) is 6.12. The van der Waals surface area contributed by atoms with E-state index in [1.54, 1.807) is 0 Å². The van der Waals surface area contributed by atoms with Gasteiger partial charge in [0.1, 0.15) is 34.3 Å². The first-order chi connectivity index (χ1) is 25.3. The van der Waals surface area contributed by atoms with E-state index in [1.165, 1.54) is 20.2 Å². The van der Waals surface area contributed by atoms with Crippen LogP contribution in [-0.4, -0.2) is 11.7 Å². The molecule has 0 spiro atoms. The van der Waals surface area contributed by atoms with Crippen LogP contribution in [0.2, 0.25) is 0 Å². The van der Waals surface area contributed by atoms with Crippen molar-refractivity contribution in [1.82, 2.24) is 5.32 Å². The van der Waals surface area contributed by atoms with E-state index in [-0.39, 0.29) is 6.17 Å². The maximum atomic E-state index is 6.96. The zero-order valence-electron chi connectivity index (χ0n) is 27.1. The van der Waals surface area contributed by atoms with Crippen LogP contribution in [0.3, 0.4) is 0 Å². The van der Waals surface area contributed by atoms with E-state index < -0.39 is 0 Å². The molecule has 1 aliphatic rings. The first kappa shape index (κ1) is 28.3. The Morgan fingerprint density at radius 2 is 1.14 bits per heavy atom. The number of rotatable bonds is 4. The molecule has 5 nitrogen and oxygen atoms in total. The number of aliphatic imine (C=N–C) groups is 2. The lowest BCUT2D eigenvalue weighted by Gasteiger charge is -2.24. The molecule has 0 amide bonds. The van der Waals surface area contributed by atoms with Gasteiger partial charge in [-0.05, 0) is 35.9 Å². The van der Waals surface area contributed by atoms with E-state index in [0.29, 0.717) is 5.84 Å². The summed E-state index contributed by atoms with van der Waals surface area (Å²) in [5.74, 6) is 1.40. The molecule has 1 aliphatic heterocycles. The third-order valence-electron chi connectivity index (χ3n) is 9.98. The molecule has 0 saturated heterocycles. The molecule has 11 rings (SSSR count). The summed E-state index contributed by atoms with van der Waals surface area (Å²) in [6.07, 6.45) is -0.364. The van der Waals surface area contributed by atoms with Crippen LogP contribution in [0.5, 0.6) is 0 Å². The average Bonchev–Trinajstić information content (AvgIpc) is 3.89. The van der Waals surface area contributed by atoms with Gasteiger partial charge in [0.25, 0.3) is 0 Å². The third-order valence-corrected chi connectivity index (χ3v) is 11.1. The Hall–Kier alpha value is -6.50. The Balaban J connectivity index is 1.14. The topological polar surface area (TPSA) is 63.0 Å². The van der Waals surface area contributed by atoms with Crippen molar-refractivity contribution >= 4 is 87.1 Å². The third kappa shape index (κ3) is 4.33.